The first-order valence-electron chi connectivity index (χ1n) is 6.60. The Labute approximate surface area is 127 Å². The number of aromatic nitrogens is 3. The van der Waals surface area contributed by atoms with E-state index in [2.05, 4.69) is 16.0 Å². The van der Waals surface area contributed by atoms with Crippen LogP contribution in [0.25, 0.3) is 16.9 Å². The number of alkyl halides is 1. The number of benzene rings is 1. The van der Waals surface area contributed by atoms with E-state index in [1.54, 1.807) is 18.3 Å². The van der Waals surface area contributed by atoms with E-state index in [-0.39, 0.29) is 5.38 Å². The van der Waals surface area contributed by atoms with Crippen molar-refractivity contribution in [2.75, 3.05) is 0 Å². The second-order valence-corrected chi connectivity index (χ2v) is 5.53. The van der Waals surface area contributed by atoms with E-state index >= 15 is 0 Å². The topological polar surface area (TPSA) is 54.5 Å². The van der Waals surface area contributed by atoms with Crippen molar-refractivity contribution in [1.29, 1.82) is 5.26 Å². The van der Waals surface area contributed by atoms with Gasteiger partial charge < -0.3 is 0 Å². The molecule has 0 aliphatic heterocycles. The van der Waals surface area contributed by atoms with Gasteiger partial charge in [0.25, 0.3) is 0 Å². The van der Waals surface area contributed by atoms with Gasteiger partial charge in [0.1, 0.15) is 11.3 Å². The number of nitriles is 1. The van der Waals surface area contributed by atoms with Gasteiger partial charge in [-0.3, -0.25) is 4.57 Å². The summed E-state index contributed by atoms with van der Waals surface area (Å²) in [5.41, 5.74) is 4.21. The Morgan fingerprint density at radius 2 is 1.95 bits per heavy atom. The second-order valence-electron chi connectivity index (χ2n) is 4.88. The largest absolute Gasteiger partial charge is 0.279 e. The molecule has 0 N–H and O–H groups in total. The van der Waals surface area contributed by atoms with Gasteiger partial charge in [0.15, 0.2) is 5.65 Å². The predicted molar refractivity (Wildman–Crippen MR) is 82.6 cm³/mol. The van der Waals surface area contributed by atoms with Gasteiger partial charge in [0.2, 0.25) is 0 Å². The molecular formula is C16H13ClN4. The molecule has 0 bridgehead atoms. The fourth-order valence-electron chi connectivity index (χ4n) is 2.32. The highest BCUT2D eigenvalue weighted by Gasteiger charge is 2.18. The zero-order chi connectivity index (χ0) is 15.0. The quantitative estimate of drug-likeness (QED) is 0.674. The highest BCUT2D eigenvalue weighted by molar-refractivity contribution is 6.20. The lowest BCUT2D eigenvalue weighted by molar-refractivity contribution is 0.877. The molecule has 1 unspecified atom stereocenters. The summed E-state index contributed by atoms with van der Waals surface area (Å²) < 4.78 is 1.95. The lowest BCUT2D eigenvalue weighted by atomic mass is 10.2. The summed E-state index contributed by atoms with van der Waals surface area (Å²) in [5, 5.41) is 8.67. The van der Waals surface area contributed by atoms with Crippen LogP contribution in [0.15, 0.2) is 36.5 Å². The molecule has 0 fully saturated rings. The standard InChI is InChI=1S/C16H13ClN4/c1-10-7-8-19-16-14(10)20-15(11(2)17)21(16)13-5-3-12(9-18)4-6-13/h3-8,11H,1-2H3. The molecule has 104 valence electrons. The molecule has 2 heterocycles. The third kappa shape index (κ3) is 2.26. The first-order valence-corrected chi connectivity index (χ1v) is 7.04. The zero-order valence-corrected chi connectivity index (χ0v) is 12.5. The molecule has 0 amide bonds. The van der Waals surface area contributed by atoms with Crippen LogP contribution in [-0.2, 0) is 0 Å². The lowest BCUT2D eigenvalue weighted by Gasteiger charge is -2.09. The smallest absolute Gasteiger partial charge is 0.164 e. The van der Waals surface area contributed by atoms with Crippen molar-refractivity contribution in [1.82, 2.24) is 14.5 Å². The summed E-state index contributed by atoms with van der Waals surface area (Å²) >= 11 is 6.28. The van der Waals surface area contributed by atoms with Crippen LogP contribution in [-0.4, -0.2) is 14.5 Å². The minimum absolute atomic E-state index is 0.241. The van der Waals surface area contributed by atoms with E-state index in [0.717, 1.165) is 28.2 Å². The molecule has 1 atom stereocenters. The first kappa shape index (κ1) is 13.6. The van der Waals surface area contributed by atoms with E-state index in [4.69, 9.17) is 16.9 Å². The number of rotatable bonds is 2. The minimum atomic E-state index is -0.241. The molecule has 0 radical (unpaired) electrons. The van der Waals surface area contributed by atoms with Crippen LogP contribution in [0.1, 0.15) is 29.3 Å². The van der Waals surface area contributed by atoms with Crippen LogP contribution in [0.2, 0.25) is 0 Å². The van der Waals surface area contributed by atoms with Gasteiger partial charge >= 0.3 is 0 Å². The maximum atomic E-state index is 8.91. The van der Waals surface area contributed by atoms with Crippen LogP contribution < -0.4 is 0 Å². The molecule has 0 saturated carbocycles. The highest BCUT2D eigenvalue weighted by Crippen LogP contribution is 2.28. The van der Waals surface area contributed by atoms with Crippen LogP contribution in [0.5, 0.6) is 0 Å². The number of pyridine rings is 1. The maximum Gasteiger partial charge on any atom is 0.164 e. The molecule has 4 nitrogen and oxygen atoms in total. The van der Waals surface area contributed by atoms with Crippen molar-refractivity contribution in [3.05, 3.63) is 53.5 Å². The number of fused-ring (bicyclic) bond motifs is 1. The van der Waals surface area contributed by atoms with Crippen molar-refractivity contribution < 1.29 is 0 Å². The number of imidazole rings is 1. The monoisotopic (exact) mass is 296 g/mol. The van der Waals surface area contributed by atoms with Crippen LogP contribution in [0, 0.1) is 18.3 Å². The lowest BCUT2D eigenvalue weighted by Crippen LogP contribution is -2.02. The van der Waals surface area contributed by atoms with Crippen LogP contribution in [0.3, 0.4) is 0 Å². The van der Waals surface area contributed by atoms with Crippen LogP contribution >= 0.6 is 11.6 Å². The highest BCUT2D eigenvalue weighted by atomic mass is 35.5. The molecule has 2 aromatic heterocycles. The fraction of sp³-hybridized carbons (Fsp3) is 0.188. The Morgan fingerprint density at radius 1 is 1.24 bits per heavy atom. The Hall–Kier alpha value is -2.38. The van der Waals surface area contributed by atoms with E-state index in [1.807, 2.05) is 36.6 Å². The average Bonchev–Trinajstić information content (AvgIpc) is 2.88. The summed E-state index contributed by atoms with van der Waals surface area (Å²) in [7, 11) is 0. The van der Waals surface area contributed by atoms with Gasteiger partial charge in [-0.1, -0.05) is 0 Å². The maximum absolute atomic E-state index is 8.91. The molecule has 0 aliphatic rings. The molecule has 1 aromatic carbocycles. The molecule has 21 heavy (non-hydrogen) atoms. The number of aryl methyl sites for hydroxylation is 1. The van der Waals surface area contributed by atoms with Gasteiger partial charge in [-0.15, -0.1) is 11.6 Å². The average molecular weight is 297 g/mol. The van der Waals surface area contributed by atoms with E-state index < -0.39 is 0 Å². The van der Waals surface area contributed by atoms with Crippen LogP contribution in [0.4, 0.5) is 0 Å². The Bertz CT molecular complexity index is 841. The second kappa shape index (κ2) is 5.19. The summed E-state index contributed by atoms with van der Waals surface area (Å²) in [6.07, 6.45) is 1.77. The summed E-state index contributed by atoms with van der Waals surface area (Å²) in [6, 6.07) is 11.4. The Balaban J connectivity index is 2.31. The molecule has 0 saturated heterocycles. The van der Waals surface area contributed by atoms with Crippen molar-refractivity contribution in [3.63, 3.8) is 0 Å². The molecule has 3 aromatic rings. The van der Waals surface area contributed by atoms with E-state index in [0.29, 0.717) is 5.56 Å². The SMILES string of the molecule is Cc1ccnc2c1nc(C(C)Cl)n2-c1ccc(C#N)cc1. The Morgan fingerprint density at radius 3 is 2.57 bits per heavy atom. The molecule has 0 spiro atoms. The molecular weight excluding hydrogens is 284 g/mol. The fourth-order valence-corrected chi connectivity index (χ4v) is 2.46. The van der Waals surface area contributed by atoms with Crippen molar-refractivity contribution in [2.45, 2.75) is 19.2 Å². The molecule has 5 heteroatoms. The Kier molecular flexibility index (Phi) is 3.36. The van der Waals surface area contributed by atoms with Crippen molar-refractivity contribution in [3.8, 4) is 11.8 Å². The van der Waals surface area contributed by atoms with Crippen molar-refractivity contribution >= 4 is 22.8 Å². The zero-order valence-electron chi connectivity index (χ0n) is 11.7. The minimum Gasteiger partial charge on any atom is -0.279 e. The van der Waals surface area contributed by atoms with Gasteiger partial charge in [-0.25, -0.2) is 9.97 Å². The normalized spacial score (nSPS) is 12.3. The summed E-state index contributed by atoms with van der Waals surface area (Å²) in [6.45, 7) is 3.89. The van der Waals surface area contributed by atoms with Gasteiger partial charge in [0.05, 0.1) is 17.0 Å². The molecule has 3 rings (SSSR count). The number of halogens is 1. The molecule has 0 aliphatic carbocycles. The van der Waals surface area contributed by atoms with E-state index in [1.165, 1.54) is 0 Å². The summed E-state index contributed by atoms with van der Waals surface area (Å²) in [4.78, 5) is 9.08. The predicted octanol–water partition coefficient (Wildman–Crippen LogP) is 3.90. The summed E-state index contributed by atoms with van der Waals surface area (Å²) in [5.74, 6) is 0.748. The van der Waals surface area contributed by atoms with Gasteiger partial charge in [-0.05, 0) is 49.7 Å². The first-order chi connectivity index (χ1) is 10.1. The third-order valence-corrected chi connectivity index (χ3v) is 3.58. The van der Waals surface area contributed by atoms with Crippen molar-refractivity contribution in [2.24, 2.45) is 0 Å². The van der Waals surface area contributed by atoms with E-state index in [9.17, 15) is 0 Å². The third-order valence-electron chi connectivity index (χ3n) is 3.38. The number of hydrogen-bond acceptors (Lipinski definition) is 3. The van der Waals surface area contributed by atoms with Gasteiger partial charge in [-0.2, -0.15) is 5.26 Å². The van der Waals surface area contributed by atoms with Gasteiger partial charge in [0, 0.05) is 11.9 Å². The number of hydrogen-bond donors (Lipinski definition) is 0. The number of nitrogens with zero attached hydrogens (tertiary/aromatic N) is 4.